The lowest BCUT2D eigenvalue weighted by molar-refractivity contribution is 0.0137. The van der Waals surface area contributed by atoms with E-state index in [1.54, 1.807) is 0 Å². The van der Waals surface area contributed by atoms with Crippen LogP contribution in [-0.2, 0) is 0 Å². The zero-order valence-corrected chi connectivity index (χ0v) is 13.2. The monoisotopic (exact) mass is 268 g/mol. The van der Waals surface area contributed by atoms with E-state index >= 15 is 0 Å². The van der Waals surface area contributed by atoms with Crippen LogP contribution in [-0.4, -0.2) is 48.8 Å². The molecule has 3 nitrogen and oxygen atoms in total. The van der Waals surface area contributed by atoms with Crippen LogP contribution < -0.4 is 5.32 Å². The fourth-order valence-corrected chi connectivity index (χ4v) is 4.32. The molecular weight excluding hydrogens is 236 g/mol. The van der Waals surface area contributed by atoms with Crippen molar-refractivity contribution in [3.63, 3.8) is 0 Å². The van der Waals surface area contributed by atoms with Crippen molar-refractivity contribution in [2.45, 2.75) is 58.6 Å². The van der Waals surface area contributed by atoms with Gasteiger partial charge in [-0.05, 0) is 43.6 Å². The van der Waals surface area contributed by atoms with Gasteiger partial charge in [-0.25, -0.2) is 0 Å². The van der Waals surface area contributed by atoms with Gasteiger partial charge in [0.15, 0.2) is 0 Å². The maximum absolute atomic E-state index is 9.84. The molecule has 0 bridgehead atoms. The maximum atomic E-state index is 9.84. The standard InChI is InChI=1S/C16H32N2O/c1-12-10-18(9-7-14(12)19)11-13-6-5-8-16(2,3)15(13)17-4/h12-15,17,19H,5-11H2,1-4H3. The number of hydrogen-bond acceptors (Lipinski definition) is 3. The molecule has 2 rings (SSSR count). The molecule has 1 heterocycles. The van der Waals surface area contributed by atoms with Crippen LogP contribution in [0.15, 0.2) is 0 Å². The first-order valence-electron chi connectivity index (χ1n) is 8.01. The Labute approximate surface area is 118 Å². The van der Waals surface area contributed by atoms with Crippen LogP contribution in [0.4, 0.5) is 0 Å². The van der Waals surface area contributed by atoms with E-state index in [4.69, 9.17) is 0 Å². The Kier molecular flexibility index (Phi) is 4.91. The van der Waals surface area contributed by atoms with E-state index < -0.39 is 0 Å². The molecule has 4 atom stereocenters. The molecule has 0 amide bonds. The Bertz CT molecular complexity index is 292. The lowest BCUT2D eigenvalue weighted by Crippen LogP contribution is -2.53. The first-order valence-corrected chi connectivity index (χ1v) is 8.01. The molecule has 1 saturated carbocycles. The zero-order chi connectivity index (χ0) is 14.0. The summed E-state index contributed by atoms with van der Waals surface area (Å²) < 4.78 is 0. The third-order valence-corrected chi connectivity index (χ3v) is 5.46. The number of piperidine rings is 1. The highest BCUT2D eigenvalue weighted by Crippen LogP contribution is 2.39. The molecule has 0 aromatic heterocycles. The van der Waals surface area contributed by atoms with E-state index in [1.807, 2.05) is 0 Å². The molecule has 4 unspecified atom stereocenters. The maximum Gasteiger partial charge on any atom is 0.0590 e. The number of rotatable bonds is 3. The highest BCUT2D eigenvalue weighted by molar-refractivity contribution is 4.94. The smallest absolute Gasteiger partial charge is 0.0590 e. The summed E-state index contributed by atoms with van der Waals surface area (Å²) in [5, 5.41) is 13.4. The van der Waals surface area contributed by atoms with E-state index in [1.165, 1.54) is 25.8 Å². The molecule has 0 aromatic carbocycles. The quantitative estimate of drug-likeness (QED) is 0.823. The molecule has 3 heteroatoms. The Balaban J connectivity index is 1.94. The first kappa shape index (κ1) is 15.3. The number of nitrogens with zero attached hydrogens (tertiary/aromatic N) is 1. The minimum Gasteiger partial charge on any atom is -0.393 e. The van der Waals surface area contributed by atoms with Crippen molar-refractivity contribution in [3.05, 3.63) is 0 Å². The van der Waals surface area contributed by atoms with Crippen molar-refractivity contribution in [2.75, 3.05) is 26.7 Å². The van der Waals surface area contributed by atoms with E-state index in [-0.39, 0.29) is 6.10 Å². The second-order valence-corrected chi connectivity index (χ2v) is 7.50. The summed E-state index contributed by atoms with van der Waals surface area (Å²) in [6.45, 7) is 10.3. The summed E-state index contributed by atoms with van der Waals surface area (Å²) in [5.74, 6) is 1.19. The SMILES string of the molecule is CNC1C(CN2CCC(O)C(C)C2)CCCC1(C)C. The lowest BCUT2D eigenvalue weighted by Gasteiger charge is -2.46. The number of aliphatic hydroxyl groups excluding tert-OH is 1. The number of nitrogens with one attached hydrogen (secondary N) is 1. The highest BCUT2D eigenvalue weighted by atomic mass is 16.3. The van der Waals surface area contributed by atoms with Crippen LogP contribution in [0.25, 0.3) is 0 Å². The topological polar surface area (TPSA) is 35.5 Å². The fourth-order valence-electron chi connectivity index (χ4n) is 4.32. The number of hydrogen-bond donors (Lipinski definition) is 2. The van der Waals surface area contributed by atoms with Crippen molar-refractivity contribution in [3.8, 4) is 0 Å². The van der Waals surface area contributed by atoms with Gasteiger partial charge in [-0.2, -0.15) is 0 Å². The minimum atomic E-state index is -0.0841. The van der Waals surface area contributed by atoms with Gasteiger partial charge in [0, 0.05) is 25.7 Å². The van der Waals surface area contributed by atoms with Gasteiger partial charge in [0.1, 0.15) is 0 Å². The van der Waals surface area contributed by atoms with Gasteiger partial charge in [-0.1, -0.05) is 27.2 Å². The highest BCUT2D eigenvalue weighted by Gasteiger charge is 2.39. The van der Waals surface area contributed by atoms with Gasteiger partial charge in [0.25, 0.3) is 0 Å². The molecule has 0 spiro atoms. The third-order valence-electron chi connectivity index (χ3n) is 5.46. The van der Waals surface area contributed by atoms with Crippen LogP contribution >= 0.6 is 0 Å². The fraction of sp³-hybridized carbons (Fsp3) is 1.00. The van der Waals surface area contributed by atoms with Crippen LogP contribution in [0.3, 0.4) is 0 Å². The van der Waals surface area contributed by atoms with Gasteiger partial charge in [-0.3, -0.25) is 0 Å². The average molecular weight is 268 g/mol. The summed E-state index contributed by atoms with van der Waals surface area (Å²) in [6.07, 6.45) is 4.91. The molecule has 19 heavy (non-hydrogen) atoms. The van der Waals surface area contributed by atoms with Crippen LogP contribution in [0.5, 0.6) is 0 Å². The largest absolute Gasteiger partial charge is 0.393 e. The number of likely N-dealkylation sites (tertiary alicyclic amines) is 1. The average Bonchev–Trinajstić information content (AvgIpc) is 2.33. The van der Waals surface area contributed by atoms with E-state index in [0.717, 1.165) is 25.4 Å². The van der Waals surface area contributed by atoms with Gasteiger partial charge in [0.05, 0.1) is 6.10 Å². The molecule has 1 aliphatic heterocycles. The van der Waals surface area contributed by atoms with Crippen molar-refractivity contribution in [1.82, 2.24) is 10.2 Å². The molecule has 1 saturated heterocycles. The Morgan fingerprint density at radius 2 is 2.05 bits per heavy atom. The Morgan fingerprint density at radius 3 is 2.68 bits per heavy atom. The molecule has 1 aliphatic carbocycles. The minimum absolute atomic E-state index is 0.0841. The number of aliphatic hydroxyl groups is 1. The van der Waals surface area contributed by atoms with Gasteiger partial charge in [0.2, 0.25) is 0 Å². The van der Waals surface area contributed by atoms with Crippen molar-refractivity contribution in [1.29, 1.82) is 0 Å². The molecule has 2 fully saturated rings. The lowest BCUT2D eigenvalue weighted by atomic mass is 9.67. The summed E-state index contributed by atoms with van der Waals surface area (Å²) >= 11 is 0. The predicted octanol–water partition coefficient (Wildman–Crippen LogP) is 2.10. The van der Waals surface area contributed by atoms with E-state index in [2.05, 4.69) is 38.0 Å². The molecule has 2 aliphatic rings. The molecule has 2 N–H and O–H groups in total. The van der Waals surface area contributed by atoms with Gasteiger partial charge < -0.3 is 15.3 Å². The summed E-state index contributed by atoms with van der Waals surface area (Å²) in [5.41, 5.74) is 0.415. The predicted molar refractivity (Wildman–Crippen MR) is 80.2 cm³/mol. The second kappa shape index (κ2) is 6.11. The summed E-state index contributed by atoms with van der Waals surface area (Å²) in [6, 6.07) is 0.628. The molecule has 112 valence electrons. The van der Waals surface area contributed by atoms with Gasteiger partial charge in [-0.15, -0.1) is 0 Å². The van der Waals surface area contributed by atoms with Crippen LogP contribution in [0.1, 0.15) is 46.5 Å². The van der Waals surface area contributed by atoms with E-state index in [9.17, 15) is 5.11 Å². The molecule has 0 aromatic rings. The van der Waals surface area contributed by atoms with Crippen molar-refractivity contribution >= 4 is 0 Å². The normalized spacial score (nSPS) is 40.3. The van der Waals surface area contributed by atoms with Crippen LogP contribution in [0, 0.1) is 17.3 Å². The second-order valence-electron chi connectivity index (χ2n) is 7.50. The summed E-state index contributed by atoms with van der Waals surface area (Å²) in [4.78, 5) is 2.58. The van der Waals surface area contributed by atoms with Crippen LogP contribution in [0.2, 0.25) is 0 Å². The van der Waals surface area contributed by atoms with Crippen molar-refractivity contribution in [2.24, 2.45) is 17.3 Å². The summed E-state index contributed by atoms with van der Waals surface area (Å²) in [7, 11) is 2.12. The molecule has 0 radical (unpaired) electrons. The Hall–Kier alpha value is -0.120. The first-order chi connectivity index (χ1) is 8.94. The van der Waals surface area contributed by atoms with E-state index in [0.29, 0.717) is 17.4 Å². The molecular formula is C16H32N2O. The zero-order valence-electron chi connectivity index (χ0n) is 13.2. The Morgan fingerprint density at radius 1 is 1.32 bits per heavy atom. The van der Waals surface area contributed by atoms with Crippen molar-refractivity contribution < 1.29 is 5.11 Å². The third kappa shape index (κ3) is 3.50. The van der Waals surface area contributed by atoms with Gasteiger partial charge >= 0.3 is 0 Å².